The molecule has 0 saturated carbocycles. The molecule has 7 heteroatoms. The Kier molecular flexibility index (Phi) is 4.66. The highest BCUT2D eigenvalue weighted by molar-refractivity contribution is 7.99. The molecule has 0 aromatic carbocycles. The van der Waals surface area contributed by atoms with Crippen LogP contribution in [-0.2, 0) is 4.79 Å². The molecule has 19 heavy (non-hydrogen) atoms. The van der Waals surface area contributed by atoms with Crippen molar-refractivity contribution in [2.24, 2.45) is 11.3 Å². The first-order valence-corrected chi connectivity index (χ1v) is 7.75. The molecule has 0 aromatic heterocycles. The number of carbonyl (C=O) groups is 1. The molecule has 0 bridgehead atoms. The van der Waals surface area contributed by atoms with Crippen LogP contribution in [0.5, 0.6) is 0 Å². The SMILES string of the molecule is O=C(NCC1CCSCC1)C1(C(F)(F)F)CCNC1. The van der Waals surface area contributed by atoms with Gasteiger partial charge in [0, 0.05) is 13.1 Å². The Morgan fingerprint density at radius 1 is 1.37 bits per heavy atom. The second-order valence-electron chi connectivity index (χ2n) is 5.27. The van der Waals surface area contributed by atoms with Gasteiger partial charge in [0.2, 0.25) is 5.91 Å². The maximum Gasteiger partial charge on any atom is 0.404 e. The van der Waals surface area contributed by atoms with E-state index in [-0.39, 0.29) is 19.5 Å². The third-order valence-electron chi connectivity index (χ3n) is 4.02. The van der Waals surface area contributed by atoms with Crippen LogP contribution in [0, 0.1) is 11.3 Å². The van der Waals surface area contributed by atoms with Gasteiger partial charge in [-0.2, -0.15) is 24.9 Å². The highest BCUT2D eigenvalue weighted by Gasteiger charge is 2.61. The van der Waals surface area contributed by atoms with Crippen molar-refractivity contribution in [1.29, 1.82) is 0 Å². The lowest BCUT2D eigenvalue weighted by Crippen LogP contribution is -2.53. The van der Waals surface area contributed by atoms with Crippen LogP contribution in [0.2, 0.25) is 0 Å². The van der Waals surface area contributed by atoms with Gasteiger partial charge in [-0.15, -0.1) is 0 Å². The number of halogens is 3. The summed E-state index contributed by atoms with van der Waals surface area (Å²) in [6, 6.07) is 0. The Balaban J connectivity index is 1.93. The van der Waals surface area contributed by atoms with Crippen molar-refractivity contribution in [2.45, 2.75) is 25.4 Å². The topological polar surface area (TPSA) is 41.1 Å². The van der Waals surface area contributed by atoms with E-state index in [0.717, 1.165) is 24.3 Å². The molecular weight excluding hydrogens is 277 g/mol. The molecule has 2 fully saturated rings. The molecule has 2 heterocycles. The van der Waals surface area contributed by atoms with Gasteiger partial charge in [0.15, 0.2) is 5.41 Å². The molecule has 1 unspecified atom stereocenters. The van der Waals surface area contributed by atoms with E-state index in [1.54, 1.807) is 0 Å². The normalized spacial score (nSPS) is 29.4. The molecule has 110 valence electrons. The van der Waals surface area contributed by atoms with E-state index in [4.69, 9.17) is 0 Å². The lowest BCUT2D eigenvalue weighted by molar-refractivity contribution is -0.216. The smallest absolute Gasteiger partial charge is 0.355 e. The van der Waals surface area contributed by atoms with Crippen LogP contribution >= 0.6 is 11.8 Å². The summed E-state index contributed by atoms with van der Waals surface area (Å²) in [5, 5.41) is 5.19. The van der Waals surface area contributed by atoms with Crippen molar-refractivity contribution >= 4 is 17.7 Å². The summed E-state index contributed by atoms with van der Waals surface area (Å²) >= 11 is 1.86. The quantitative estimate of drug-likeness (QED) is 0.834. The average Bonchev–Trinajstić information content (AvgIpc) is 2.87. The second kappa shape index (κ2) is 5.91. The first-order chi connectivity index (χ1) is 8.96. The number of nitrogens with one attached hydrogen (secondary N) is 2. The van der Waals surface area contributed by atoms with Crippen LogP contribution in [0.15, 0.2) is 0 Å². The van der Waals surface area contributed by atoms with Gasteiger partial charge >= 0.3 is 6.18 Å². The second-order valence-corrected chi connectivity index (χ2v) is 6.50. The molecule has 2 rings (SSSR count). The average molecular weight is 296 g/mol. The van der Waals surface area contributed by atoms with E-state index in [2.05, 4.69) is 10.6 Å². The van der Waals surface area contributed by atoms with Crippen LogP contribution in [-0.4, -0.2) is 43.2 Å². The molecule has 2 saturated heterocycles. The first-order valence-electron chi connectivity index (χ1n) is 6.59. The number of thioether (sulfide) groups is 1. The zero-order chi connectivity index (χ0) is 13.9. The van der Waals surface area contributed by atoms with Crippen LogP contribution < -0.4 is 10.6 Å². The largest absolute Gasteiger partial charge is 0.404 e. The molecule has 2 aliphatic rings. The molecule has 1 atom stereocenters. The van der Waals surface area contributed by atoms with Crippen molar-refractivity contribution in [3.8, 4) is 0 Å². The van der Waals surface area contributed by atoms with E-state index < -0.39 is 17.5 Å². The summed E-state index contributed by atoms with van der Waals surface area (Å²) in [5.41, 5.74) is -2.23. The summed E-state index contributed by atoms with van der Waals surface area (Å²) < 4.78 is 39.4. The van der Waals surface area contributed by atoms with Gasteiger partial charge in [-0.25, -0.2) is 0 Å². The Bertz CT molecular complexity index is 323. The van der Waals surface area contributed by atoms with Gasteiger partial charge in [-0.1, -0.05) is 0 Å². The molecule has 2 aliphatic heterocycles. The predicted molar refractivity (Wildman–Crippen MR) is 69.0 cm³/mol. The Morgan fingerprint density at radius 2 is 2.05 bits per heavy atom. The maximum absolute atomic E-state index is 13.1. The summed E-state index contributed by atoms with van der Waals surface area (Å²) in [6.45, 7) is 0.313. The molecule has 3 nitrogen and oxygen atoms in total. The van der Waals surface area contributed by atoms with Crippen LogP contribution in [0.4, 0.5) is 13.2 Å². The molecule has 2 N–H and O–H groups in total. The van der Waals surface area contributed by atoms with E-state index in [1.807, 2.05) is 11.8 Å². The van der Waals surface area contributed by atoms with Gasteiger partial charge < -0.3 is 10.6 Å². The van der Waals surface area contributed by atoms with Crippen molar-refractivity contribution in [1.82, 2.24) is 10.6 Å². The first kappa shape index (κ1) is 15.0. The zero-order valence-corrected chi connectivity index (χ0v) is 11.5. The van der Waals surface area contributed by atoms with Crippen LogP contribution in [0.3, 0.4) is 0 Å². The van der Waals surface area contributed by atoms with E-state index in [0.29, 0.717) is 12.5 Å². The molecule has 0 aromatic rings. The number of carbonyl (C=O) groups excluding carboxylic acids is 1. The molecular formula is C12H19F3N2OS. The number of hydrogen-bond donors (Lipinski definition) is 2. The number of hydrogen-bond acceptors (Lipinski definition) is 3. The van der Waals surface area contributed by atoms with E-state index >= 15 is 0 Å². The van der Waals surface area contributed by atoms with E-state index in [9.17, 15) is 18.0 Å². The fourth-order valence-corrected chi connectivity index (χ4v) is 3.82. The Morgan fingerprint density at radius 3 is 2.58 bits per heavy atom. The standard InChI is InChI=1S/C12H19F3N2OS/c13-12(14,15)11(3-4-16-8-11)10(18)17-7-9-1-5-19-6-2-9/h9,16H,1-8H2,(H,17,18). The number of rotatable bonds is 3. The molecule has 0 aliphatic carbocycles. The van der Waals surface area contributed by atoms with Crippen molar-refractivity contribution in [3.63, 3.8) is 0 Å². The summed E-state index contributed by atoms with van der Waals surface area (Å²) in [7, 11) is 0. The van der Waals surface area contributed by atoms with Crippen molar-refractivity contribution < 1.29 is 18.0 Å². The third-order valence-corrected chi connectivity index (χ3v) is 5.07. The van der Waals surface area contributed by atoms with Gasteiger partial charge in [0.05, 0.1) is 0 Å². The maximum atomic E-state index is 13.1. The molecule has 1 amide bonds. The van der Waals surface area contributed by atoms with Gasteiger partial charge in [0.25, 0.3) is 0 Å². The molecule has 0 radical (unpaired) electrons. The minimum Gasteiger partial charge on any atom is -0.355 e. The summed E-state index contributed by atoms with van der Waals surface area (Å²) in [5.74, 6) is 1.53. The molecule has 0 spiro atoms. The Labute approximate surface area is 115 Å². The van der Waals surface area contributed by atoms with Crippen molar-refractivity contribution in [2.75, 3.05) is 31.1 Å². The lowest BCUT2D eigenvalue weighted by atomic mass is 9.85. The fraction of sp³-hybridized carbons (Fsp3) is 0.917. The van der Waals surface area contributed by atoms with Crippen LogP contribution in [0.25, 0.3) is 0 Å². The minimum absolute atomic E-state index is 0.164. The minimum atomic E-state index is -4.48. The van der Waals surface area contributed by atoms with Gasteiger partial charge in [-0.3, -0.25) is 4.79 Å². The highest BCUT2D eigenvalue weighted by atomic mass is 32.2. The lowest BCUT2D eigenvalue weighted by Gasteiger charge is -2.30. The van der Waals surface area contributed by atoms with Crippen molar-refractivity contribution in [3.05, 3.63) is 0 Å². The van der Waals surface area contributed by atoms with Gasteiger partial charge in [-0.05, 0) is 43.2 Å². The highest BCUT2D eigenvalue weighted by Crippen LogP contribution is 2.43. The van der Waals surface area contributed by atoms with Gasteiger partial charge in [0.1, 0.15) is 0 Å². The predicted octanol–water partition coefficient (Wildman–Crippen LogP) is 1.79. The van der Waals surface area contributed by atoms with Crippen LogP contribution in [0.1, 0.15) is 19.3 Å². The third kappa shape index (κ3) is 3.18. The Hall–Kier alpha value is -0.430. The number of amides is 1. The fourth-order valence-electron chi connectivity index (χ4n) is 2.61. The summed E-state index contributed by atoms with van der Waals surface area (Å²) in [6.07, 6.45) is -2.70. The van der Waals surface area contributed by atoms with E-state index in [1.165, 1.54) is 0 Å². The zero-order valence-electron chi connectivity index (χ0n) is 10.7. The summed E-state index contributed by atoms with van der Waals surface area (Å²) in [4.78, 5) is 12.0. The number of alkyl halides is 3. The monoisotopic (exact) mass is 296 g/mol.